The van der Waals surface area contributed by atoms with Crippen LogP contribution in [-0.4, -0.2) is 66.6 Å². The minimum absolute atomic E-state index is 0.0908. The van der Waals surface area contributed by atoms with E-state index in [9.17, 15) is 4.79 Å². The number of pyridine rings is 1. The molecule has 6 heteroatoms. The van der Waals surface area contributed by atoms with Gasteiger partial charge in [0.15, 0.2) is 0 Å². The lowest BCUT2D eigenvalue weighted by molar-refractivity contribution is 0.145. The highest BCUT2D eigenvalue weighted by Crippen LogP contribution is 2.21. The van der Waals surface area contributed by atoms with Crippen molar-refractivity contribution in [3.63, 3.8) is 0 Å². The molecule has 1 aliphatic rings. The monoisotopic (exact) mass is 341 g/mol. The molecular weight excluding hydrogens is 314 g/mol. The molecule has 6 nitrogen and oxygen atoms in total. The van der Waals surface area contributed by atoms with E-state index in [0.717, 1.165) is 55.0 Å². The lowest BCUT2D eigenvalue weighted by Crippen LogP contribution is -2.50. The third kappa shape index (κ3) is 4.67. The van der Waals surface area contributed by atoms with Crippen molar-refractivity contribution in [3.8, 4) is 0 Å². The third-order valence-electron chi connectivity index (χ3n) is 4.61. The van der Waals surface area contributed by atoms with E-state index in [1.807, 2.05) is 44.2 Å². The molecule has 2 amide bonds. The zero-order valence-corrected chi connectivity index (χ0v) is 15.2. The summed E-state index contributed by atoms with van der Waals surface area (Å²) in [6.07, 6.45) is 0. The maximum Gasteiger partial charge on any atom is 0.319 e. The second kappa shape index (κ2) is 7.80. The molecule has 1 aliphatic heterocycles. The number of carbonyl (C=O) groups is 1. The van der Waals surface area contributed by atoms with Crippen LogP contribution < -0.4 is 10.6 Å². The maximum absolute atomic E-state index is 12.4. The second-order valence-electron chi connectivity index (χ2n) is 6.93. The van der Waals surface area contributed by atoms with Crippen LogP contribution in [0.3, 0.4) is 0 Å². The van der Waals surface area contributed by atoms with Crippen LogP contribution in [0, 0.1) is 6.92 Å². The first-order chi connectivity index (χ1) is 12.0. The molecule has 2 heterocycles. The van der Waals surface area contributed by atoms with Gasteiger partial charge < -0.3 is 15.5 Å². The Balaban J connectivity index is 1.58. The number of nitrogens with one attached hydrogen (secondary N) is 2. The number of amides is 2. The summed E-state index contributed by atoms with van der Waals surface area (Å²) in [7, 11) is 2.15. The minimum atomic E-state index is -0.183. The van der Waals surface area contributed by atoms with Gasteiger partial charge in [-0.15, -0.1) is 0 Å². The Morgan fingerprint density at radius 2 is 1.96 bits per heavy atom. The summed E-state index contributed by atoms with van der Waals surface area (Å²) in [6.45, 7) is 9.14. The molecule has 0 saturated carbocycles. The van der Waals surface area contributed by atoms with E-state index < -0.39 is 0 Å². The minimum Gasteiger partial charge on any atom is -0.334 e. The number of fused-ring (bicyclic) bond motifs is 1. The Labute approximate surface area is 149 Å². The largest absolute Gasteiger partial charge is 0.334 e. The van der Waals surface area contributed by atoms with Gasteiger partial charge in [0.05, 0.1) is 11.2 Å². The summed E-state index contributed by atoms with van der Waals surface area (Å²) < 4.78 is 0. The van der Waals surface area contributed by atoms with Gasteiger partial charge in [0.25, 0.3) is 0 Å². The quantitative estimate of drug-likeness (QED) is 0.896. The van der Waals surface area contributed by atoms with Crippen molar-refractivity contribution < 1.29 is 4.79 Å². The number of benzene rings is 1. The second-order valence-corrected chi connectivity index (χ2v) is 6.93. The smallest absolute Gasteiger partial charge is 0.319 e. The Hall–Kier alpha value is -2.18. The highest BCUT2D eigenvalue weighted by Gasteiger charge is 2.17. The fraction of sp³-hybridized carbons (Fsp3) is 0.474. The molecule has 2 N–H and O–H groups in total. The molecule has 25 heavy (non-hydrogen) atoms. The number of anilines is 1. The Kier molecular flexibility index (Phi) is 5.50. The fourth-order valence-corrected chi connectivity index (χ4v) is 3.19. The van der Waals surface area contributed by atoms with Crippen molar-refractivity contribution in [2.75, 3.05) is 45.1 Å². The Morgan fingerprint density at radius 1 is 1.20 bits per heavy atom. The summed E-state index contributed by atoms with van der Waals surface area (Å²) in [5.41, 5.74) is 2.50. The zero-order chi connectivity index (χ0) is 17.8. The van der Waals surface area contributed by atoms with Crippen LogP contribution in [0.5, 0.6) is 0 Å². The number of piperazine rings is 1. The van der Waals surface area contributed by atoms with Gasteiger partial charge in [0.2, 0.25) is 0 Å². The lowest BCUT2D eigenvalue weighted by Gasteiger charge is -2.34. The molecule has 0 unspecified atom stereocenters. The van der Waals surface area contributed by atoms with Crippen molar-refractivity contribution in [1.29, 1.82) is 0 Å². The lowest BCUT2D eigenvalue weighted by atomic mass is 10.2. The van der Waals surface area contributed by atoms with E-state index in [1.54, 1.807) is 0 Å². The summed E-state index contributed by atoms with van der Waals surface area (Å²) in [5, 5.41) is 7.00. The predicted molar refractivity (Wildman–Crippen MR) is 102 cm³/mol. The van der Waals surface area contributed by atoms with Crippen LogP contribution in [0.25, 0.3) is 10.9 Å². The number of para-hydroxylation sites is 1. The van der Waals surface area contributed by atoms with E-state index in [0.29, 0.717) is 0 Å². The van der Waals surface area contributed by atoms with E-state index >= 15 is 0 Å². The molecule has 1 atom stereocenters. The molecule has 0 bridgehead atoms. The molecule has 134 valence electrons. The van der Waals surface area contributed by atoms with Gasteiger partial charge in [0, 0.05) is 49.8 Å². The topological polar surface area (TPSA) is 60.5 Å². The number of hydrogen-bond acceptors (Lipinski definition) is 4. The van der Waals surface area contributed by atoms with Crippen LogP contribution in [0.4, 0.5) is 10.5 Å². The first kappa shape index (κ1) is 17.6. The number of aromatic nitrogens is 1. The number of aryl methyl sites for hydroxylation is 1. The molecule has 3 rings (SSSR count). The molecule has 1 aromatic carbocycles. The maximum atomic E-state index is 12.4. The first-order valence-electron chi connectivity index (χ1n) is 8.86. The number of nitrogens with zero attached hydrogens (tertiary/aromatic N) is 3. The molecule has 1 fully saturated rings. The van der Waals surface area contributed by atoms with Gasteiger partial charge in [-0.05, 0) is 33.0 Å². The predicted octanol–water partition coefficient (Wildman–Crippen LogP) is 2.30. The molecule has 0 radical (unpaired) electrons. The SMILES string of the molecule is Cc1ccc2cccc(NC(=O)N[C@H](C)CN3CCN(C)CC3)c2n1. The Bertz CT molecular complexity index is 740. The van der Waals surface area contributed by atoms with Gasteiger partial charge >= 0.3 is 6.03 Å². The van der Waals surface area contributed by atoms with Gasteiger partial charge in [-0.1, -0.05) is 18.2 Å². The van der Waals surface area contributed by atoms with Crippen LogP contribution >= 0.6 is 0 Å². The molecule has 0 aliphatic carbocycles. The summed E-state index contributed by atoms with van der Waals surface area (Å²) in [5.74, 6) is 0. The third-order valence-corrected chi connectivity index (χ3v) is 4.61. The van der Waals surface area contributed by atoms with Crippen molar-refractivity contribution >= 4 is 22.6 Å². The Morgan fingerprint density at radius 3 is 2.72 bits per heavy atom. The first-order valence-corrected chi connectivity index (χ1v) is 8.86. The van der Waals surface area contributed by atoms with Crippen LogP contribution in [0.1, 0.15) is 12.6 Å². The molecule has 2 aromatic rings. The summed E-state index contributed by atoms with van der Waals surface area (Å²) in [4.78, 5) is 21.6. The number of rotatable bonds is 4. The van der Waals surface area contributed by atoms with Gasteiger partial charge in [-0.2, -0.15) is 0 Å². The van der Waals surface area contributed by atoms with E-state index in [4.69, 9.17) is 0 Å². The van der Waals surface area contributed by atoms with Crippen molar-refractivity contribution in [3.05, 3.63) is 36.0 Å². The highest BCUT2D eigenvalue weighted by atomic mass is 16.2. The molecular formula is C19H27N5O. The van der Waals surface area contributed by atoms with Crippen LogP contribution in [-0.2, 0) is 0 Å². The average Bonchev–Trinajstić information content (AvgIpc) is 2.57. The standard InChI is InChI=1S/C19H27N5O/c1-14-7-8-16-5-4-6-17(18(16)20-14)22-19(25)21-15(2)13-24-11-9-23(3)10-12-24/h4-8,15H,9-13H2,1-3H3,(H2,21,22,25)/t15-/m1/s1. The van der Waals surface area contributed by atoms with E-state index in [-0.39, 0.29) is 12.1 Å². The van der Waals surface area contributed by atoms with Crippen molar-refractivity contribution in [1.82, 2.24) is 20.1 Å². The fourth-order valence-electron chi connectivity index (χ4n) is 3.19. The van der Waals surface area contributed by atoms with Crippen molar-refractivity contribution in [2.24, 2.45) is 0 Å². The average molecular weight is 341 g/mol. The summed E-state index contributed by atoms with van der Waals surface area (Å²) in [6, 6.07) is 9.73. The highest BCUT2D eigenvalue weighted by molar-refractivity contribution is 5.99. The number of carbonyl (C=O) groups excluding carboxylic acids is 1. The number of urea groups is 1. The van der Waals surface area contributed by atoms with Crippen molar-refractivity contribution in [2.45, 2.75) is 19.9 Å². The number of likely N-dealkylation sites (N-methyl/N-ethyl adjacent to an activating group) is 1. The van der Waals surface area contributed by atoms with Gasteiger partial charge in [0.1, 0.15) is 0 Å². The molecule has 1 saturated heterocycles. The van der Waals surface area contributed by atoms with Crippen LogP contribution in [0.2, 0.25) is 0 Å². The van der Waals surface area contributed by atoms with Crippen LogP contribution in [0.15, 0.2) is 30.3 Å². The van der Waals surface area contributed by atoms with Gasteiger partial charge in [-0.25, -0.2) is 4.79 Å². The number of hydrogen-bond donors (Lipinski definition) is 2. The van der Waals surface area contributed by atoms with Gasteiger partial charge in [-0.3, -0.25) is 9.88 Å². The van der Waals surface area contributed by atoms with E-state index in [2.05, 4.69) is 32.5 Å². The zero-order valence-electron chi connectivity index (χ0n) is 15.2. The van der Waals surface area contributed by atoms with E-state index in [1.165, 1.54) is 0 Å². The summed E-state index contributed by atoms with van der Waals surface area (Å²) >= 11 is 0. The molecule has 1 aromatic heterocycles. The normalized spacial score (nSPS) is 17.4. The molecule has 0 spiro atoms.